The van der Waals surface area contributed by atoms with E-state index >= 15 is 0 Å². The first-order valence-corrected chi connectivity index (χ1v) is 12.4. The third kappa shape index (κ3) is 6.09. The SMILES string of the molecule is Cc1ccc([C@H](C(=O)NCc2ccco2)N(C(=O)CNC(=O)c2cccs2)c2ccc(C)cc2)cc1. The van der Waals surface area contributed by atoms with Crippen molar-refractivity contribution in [3.63, 3.8) is 0 Å². The molecule has 2 aromatic heterocycles. The van der Waals surface area contributed by atoms with Crippen LogP contribution in [0.4, 0.5) is 5.69 Å². The minimum Gasteiger partial charge on any atom is -0.467 e. The number of carbonyl (C=O) groups excluding carboxylic acids is 3. The van der Waals surface area contributed by atoms with Crippen LogP contribution in [0.1, 0.15) is 38.2 Å². The van der Waals surface area contributed by atoms with E-state index in [0.717, 1.165) is 11.1 Å². The van der Waals surface area contributed by atoms with Gasteiger partial charge in [-0.3, -0.25) is 19.3 Å². The van der Waals surface area contributed by atoms with Gasteiger partial charge in [0.25, 0.3) is 5.91 Å². The van der Waals surface area contributed by atoms with Gasteiger partial charge in [-0.2, -0.15) is 0 Å². The Balaban J connectivity index is 1.67. The lowest BCUT2D eigenvalue weighted by atomic mass is 10.0. The summed E-state index contributed by atoms with van der Waals surface area (Å²) >= 11 is 1.29. The molecular formula is C28H27N3O4S. The van der Waals surface area contributed by atoms with Gasteiger partial charge in [-0.25, -0.2) is 0 Å². The van der Waals surface area contributed by atoms with Gasteiger partial charge in [0.15, 0.2) is 0 Å². The normalized spacial score (nSPS) is 11.5. The van der Waals surface area contributed by atoms with Gasteiger partial charge >= 0.3 is 0 Å². The van der Waals surface area contributed by atoms with Crippen LogP contribution in [-0.2, 0) is 16.1 Å². The Morgan fingerprint density at radius 2 is 1.58 bits per heavy atom. The molecule has 0 bridgehead atoms. The monoisotopic (exact) mass is 501 g/mol. The number of anilines is 1. The predicted octanol–water partition coefficient (Wildman–Crippen LogP) is 4.78. The molecule has 1 atom stereocenters. The number of hydrogen-bond donors (Lipinski definition) is 2. The summed E-state index contributed by atoms with van der Waals surface area (Å²) in [7, 11) is 0. The van der Waals surface area contributed by atoms with Crippen LogP contribution in [0, 0.1) is 13.8 Å². The molecule has 0 saturated carbocycles. The maximum absolute atomic E-state index is 13.6. The Kier molecular flexibility index (Phi) is 7.97. The minimum atomic E-state index is -0.964. The standard InChI is InChI=1S/C28H27N3O4S/c1-19-7-11-21(12-8-19)26(28(34)29-17-23-5-3-15-35-23)31(22-13-9-20(2)10-14-22)25(32)18-30-27(33)24-6-4-16-36-24/h3-16,26H,17-18H2,1-2H3,(H,29,34)(H,30,33)/t26-/m1/s1. The highest BCUT2D eigenvalue weighted by atomic mass is 32.1. The largest absolute Gasteiger partial charge is 0.467 e. The van der Waals surface area contributed by atoms with Crippen LogP contribution in [-0.4, -0.2) is 24.3 Å². The van der Waals surface area contributed by atoms with Gasteiger partial charge in [0, 0.05) is 5.69 Å². The zero-order valence-electron chi connectivity index (χ0n) is 20.1. The van der Waals surface area contributed by atoms with Crippen LogP contribution < -0.4 is 15.5 Å². The Hall–Kier alpha value is -4.17. The summed E-state index contributed by atoms with van der Waals surface area (Å²) in [4.78, 5) is 41.7. The van der Waals surface area contributed by atoms with Gasteiger partial charge in [0.2, 0.25) is 11.8 Å². The second-order valence-electron chi connectivity index (χ2n) is 8.37. The van der Waals surface area contributed by atoms with Crippen molar-refractivity contribution in [1.29, 1.82) is 0 Å². The quantitative estimate of drug-likeness (QED) is 0.345. The summed E-state index contributed by atoms with van der Waals surface area (Å²) in [5.74, 6) is -0.518. The second kappa shape index (κ2) is 11.5. The van der Waals surface area contributed by atoms with Crippen LogP contribution in [0.5, 0.6) is 0 Å². The Morgan fingerprint density at radius 1 is 0.889 bits per heavy atom. The third-order valence-electron chi connectivity index (χ3n) is 5.64. The Morgan fingerprint density at radius 3 is 2.19 bits per heavy atom. The van der Waals surface area contributed by atoms with Crippen molar-refractivity contribution in [2.24, 2.45) is 0 Å². The summed E-state index contributed by atoms with van der Waals surface area (Å²) in [5, 5.41) is 7.38. The van der Waals surface area contributed by atoms with Gasteiger partial charge in [0.05, 0.1) is 24.2 Å². The number of nitrogens with zero attached hydrogens (tertiary/aromatic N) is 1. The van der Waals surface area contributed by atoms with Gasteiger partial charge < -0.3 is 15.1 Å². The maximum Gasteiger partial charge on any atom is 0.261 e. The number of aryl methyl sites for hydroxylation is 2. The first-order valence-electron chi connectivity index (χ1n) is 11.5. The van der Waals surface area contributed by atoms with E-state index in [2.05, 4.69) is 10.6 Å². The number of thiophene rings is 1. The molecule has 3 amide bonds. The van der Waals surface area contributed by atoms with E-state index in [1.54, 1.807) is 41.8 Å². The fourth-order valence-electron chi connectivity index (χ4n) is 3.73. The van der Waals surface area contributed by atoms with Gasteiger partial charge in [0.1, 0.15) is 11.8 Å². The van der Waals surface area contributed by atoms with Gasteiger partial charge in [-0.05, 0) is 55.1 Å². The molecule has 2 aromatic carbocycles. The van der Waals surface area contributed by atoms with Crippen molar-refractivity contribution in [2.45, 2.75) is 26.4 Å². The summed E-state index contributed by atoms with van der Waals surface area (Å²) in [6.45, 7) is 3.82. The molecule has 0 spiro atoms. The second-order valence-corrected chi connectivity index (χ2v) is 9.32. The van der Waals surface area contributed by atoms with Crippen molar-refractivity contribution in [1.82, 2.24) is 10.6 Å². The number of furan rings is 1. The number of hydrogen-bond acceptors (Lipinski definition) is 5. The van der Waals surface area contributed by atoms with Crippen LogP contribution in [0.15, 0.2) is 88.9 Å². The fraction of sp³-hybridized carbons (Fsp3) is 0.179. The van der Waals surface area contributed by atoms with Crippen molar-refractivity contribution in [3.05, 3.63) is 112 Å². The molecule has 2 heterocycles. The van der Waals surface area contributed by atoms with Crippen molar-refractivity contribution < 1.29 is 18.8 Å². The molecule has 7 nitrogen and oxygen atoms in total. The molecular weight excluding hydrogens is 474 g/mol. The minimum absolute atomic E-state index is 0.180. The van der Waals surface area contributed by atoms with Crippen molar-refractivity contribution in [2.75, 3.05) is 11.4 Å². The Bertz CT molecular complexity index is 1300. The molecule has 4 aromatic rings. The first-order chi connectivity index (χ1) is 17.4. The molecule has 184 valence electrons. The lowest BCUT2D eigenvalue weighted by Crippen LogP contribution is -2.47. The van der Waals surface area contributed by atoms with Crippen molar-refractivity contribution >= 4 is 34.7 Å². The summed E-state index contributed by atoms with van der Waals surface area (Å²) in [6.07, 6.45) is 1.54. The van der Waals surface area contributed by atoms with Crippen LogP contribution in [0.2, 0.25) is 0 Å². The smallest absolute Gasteiger partial charge is 0.261 e. The highest BCUT2D eigenvalue weighted by Crippen LogP contribution is 2.29. The van der Waals surface area contributed by atoms with Crippen LogP contribution in [0.25, 0.3) is 0 Å². The van der Waals surface area contributed by atoms with E-state index in [1.807, 2.05) is 50.2 Å². The predicted molar refractivity (Wildman–Crippen MR) is 140 cm³/mol. The molecule has 36 heavy (non-hydrogen) atoms. The number of amides is 3. The van der Waals surface area contributed by atoms with Gasteiger partial charge in [-0.15, -0.1) is 11.3 Å². The fourth-order valence-corrected chi connectivity index (χ4v) is 4.37. The zero-order chi connectivity index (χ0) is 25.5. The van der Waals surface area contributed by atoms with Crippen LogP contribution >= 0.6 is 11.3 Å². The maximum atomic E-state index is 13.6. The topological polar surface area (TPSA) is 91.7 Å². The van der Waals surface area contributed by atoms with E-state index in [4.69, 9.17) is 4.42 Å². The molecule has 8 heteroatoms. The summed E-state index contributed by atoms with van der Waals surface area (Å²) in [5.41, 5.74) is 3.25. The molecule has 0 radical (unpaired) electrons. The first kappa shape index (κ1) is 24.9. The highest BCUT2D eigenvalue weighted by Gasteiger charge is 2.33. The number of rotatable bonds is 9. The molecule has 4 rings (SSSR count). The van der Waals surface area contributed by atoms with E-state index in [9.17, 15) is 14.4 Å². The van der Waals surface area contributed by atoms with E-state index in [-0.39, 0.29) is 24.9 Å². The molecule has 2 N–H and O–H groups in total. The molecule has 0 aliphatic rings. The average Bonchev–Trinajstić information content (AvgIpc) is 3.60. The lowest BCUT2D eigenvalue weighted by molar-refractivity contribution is -0.126. The Labute approximate surface area is 213 Å². The summed E-state index contributed by atoms with van der Waals surface area (Å²) in [6, 6.07) is 20.9. The lowest BCUT2D eigenvalue weighted by Gasteiger charge is -2.31. The number of nitrogens with one attached hydrogen (secondary N) is 2. The van der Waals surface area contributed by atoms with Crippen molar-refractivity contribution in [3.8, 4) is 0 Å². The van der Waals surface area contributed by atoms with Gasteiger partial charge in [-0.1, -0.05) is 53.6 Å². The number of carbonyl (C=O) groups is 3. The summed E-state index contributed by atoms with van der Waals surface area (Å²) < 4.78 is 5.35. The molecule has 0 unspecified atom stereocenters. The molecule has 0 fully saturated rings. The van der Waals surface area contributed by atoms with E-state index in [1.165, 1.54) is 22.5 Å². The molecule has 0 saturated heterocycles. The number of benzene rings is 2. The average molecular weight is 502 g/mol. The third-order valence-corrected chi connectivity index (χ3v) is 6.51. The van der Waals surface area contributed by atoms with E-state index < -0.39 is 11.9 Å². The molecule has 0 aliphatic heterocycles. The molecule has 0 aliphatic carbocycles. The zero-order valence-corrected chi connectivity index (χ0v) is 20.9. The highest BCUT2D eigenvalue weighted by molar-refractivity contribution is 7.12. The van der Waals surface area contributed by atoms with Crippen LogP contribution in [0.3, 0.4) is 0 Å². The van der Waals surface area contributed by atoms with E-state index in [0.29, 0.717) is 21.9 Å².